The lowest BCUT2D eigenvalue weighted by Crippen LogP contribution is -2.06. The molecule has 1 fully saturated rings. The number of hydrogen-bond donors (Lipinski definition) is 1. The summed E-state index contributed by atoms with van der Waals surface area (Å²) in [5.74, 6) is 1.35. The molecule has 1 saturated carbocycles. The van der Waals surface area contributed by atoms with E-state index in [2.05, 4.69) is 16.9 Å². The average Bonchev–Trinajstić information content (AvgIpc) is 2.73. The van der Waals surface area contributed by atoms with Gasteiger partial charge >= 0.3 is 0 Å². The summed E-state index contributed by atoms with van der Waals surface area (Å²) < 4.78 is 0. The van der Waals surface area contributed by atoms with E-state index in [0.717, 1.165) is 12.3 Å². The molecule has 0 unspecified atom stereocenters. The van der Waals surface area contributed by atoms with Crippen molar-refractivity contribution in [1.29, 1.82) is 0 Å². The van der Waals surface area contributed by atoms with Crippen molar-refractivity contribution < 1.29 is 4.84 Å². The van der Waals surface area contributed by atoms with Crippen molar-refractivity contribution in [2.75, 3.05) is 6.67 Å². The molecule has 0 spiro atoms. The summed E-state index contributed by atoms with van der Waals surface area (Å²) in [5, 5.41) is 3.30. The third-order valence-electron chi connectivity index (χ3n) is 1.60. The monoisotopic (exact) mass is 155 g/mol. The molecular weight excluding hydrogens is 142 g/mol. The first-order valence-corrected chi connectivity index (χ1v) is 3.73. The molecule has 0 heterocycles. The molecule has 0 aromatic heterocycles. The molecule has 0 aromatic rings. The fraction of sp³-hybridized carbons (Fsp3) is 0.714. The van der Waals surface area contributed by atoms with Crippen LogP contribution in [0, 0.1) is 5.92 Å². The lowest BCUT2D eigenvalue weighted by Gasteiger charge is -1.99. The lowest BCUT2D eigenvalue weighted by molar-refractivity contribution is 0.317. The Morgan fingerprint density at radius 2 is 2.36 bits per heavy atom. The quantitative estimate of drug-likeness (QED) is 0.369. The highest BCUT2D eigenvalue weighted by Gasteiger charge is 2.24. The topological polar surface area (TPSA) is 60.0 Å². The summed E-state index contributed by atoms with van der Waals surface area (Å²) >= 11 is 0. The Labute approximate surface area is 66.1 Å². The Morgan fingerprint density at radius 1 is 1.64 bits per heavy atom. The Hall–Kier alpha value is -0.900. The Kier molecular flexibility index (Phi) is 3.04. The molecule has 0 aliphatic heterocycles. The van der Waals surface area contributed by atoms with Crippen LogP contribution in [0.5, 0.6) is 0 Å². The van der Waals surface area contributed by atoms with Gasteiger partial charge in [-0.15, -0.1) is 0 Å². The maximum absolute atomic E-state index is 5.23. The van der Waals surface area contributed by atoms with Crippen LogP contribution in [-0.4, -0.2) is 19.3 Å². The van der Waals surface area contributed by atoms with Crippen LogP contribution in [-0.2, 0) is 4.84 Å². The molecule has 2 N–H and O–H groups in total. The summed E-state index contributed by atoms with van der Waals surface area (Å²) in [4.78, 5) is 8.75. The van der Waals surface area contributed by atoms with E-state index < -0.39 is 0 Å². The van der Waals surface area contributed by atoms with Crippen molar-refractivity contribution in [3.05, 3.63) is 0 Å². The van der Waals surface area contributed by atoms with Gasteiger partial charge in [0.15, 0.2) is 0 Å². The second kappa shape index (κ2) is 4.08. The smallest absolute Gasteiger partial charge is 0.221 e. The van der Waals surface area contributed by atoms with Crippen molar-refractivity contribution >= 4 is 12.6 Å². The molecule has 0 bridgehead atoms. The van der Waals surface area contributed by atoms with Crippen molar-refractivity contribution in [3.8, 4) is 0 Å². The highest BCUT2D eigenvalue weighted by Crippen LogP contribution is 2.32. The Balaban J connectivity index is 2.30. The van der Waals surface area contributed by atoms with E-state index in [0.29, 0.717) is 5.90 Å². The normalized spacial score (nSPS) is 18.1. The molecule has 0 saturated heterocycles. The number of nitrogens with two attached hydrogens (primary N) is 1. The van der Waals surface area contributed by atoms with Crippen molar-refractivity contribution in [3.63, 3.8) is 0 Å². The zero-order valence-corrected chi connectivity index (χ0v) is 6.49. The fourth-order valence-electron chi connectivity index (χ4n) is 0.876. The molecule has 0 radical (unpaired) electrons. The highest BCUT2D eigenvalue weighted by molar-refractivity contribution is 5.76. The second-order valence-corrected chi connectivity index (χ2v) is 2.60. The van der Waals surface area contributed by atoms with E-state index in [1.165, 1.54) is 12.8 Å². The zero-order valence-electron chi connectivity index (χ0n) is 6.49. The first-order chi connectivity index (χ1) is 5.36. The molecule has 1 rings (SSSR count). The minimum Gasteiger partial charge on any atom is -0.342 e. The van der Waals surface area contributed by atoms with Gasteiger partial charge in [0.2, 0.25) is 5.90 Å². The first-order valence-electron chi connectivity index (χ1n) is 3.73. The predicted molar refractivity (Wildman–Crippen MR) is 44.5 cm³/mol. The lowest BCUT2D eigenvalue weighted by atomic mass is 10.3. The average molecular weight is 155 g/mol. The zero-order chi connectivity index (χ0) is 8.10. The van der Waals surface area contributed by atoms with Gasteiger partial charge in [0.1, 0.15) is 0 Å². The minimum absolute atomic E-state index is 0.261. The van der Waals surface area contributed by atoms with Gasteiger partial charge in [-0.2, -0.15) is 0 Å². The summed E-state index contributed by atoms with van der Waals surface area (Å²) in [6.45, 7) is 3.48. The molecular formula is C7H13N3O. The fourth-order valence-corrected chi connectivity index (χ4v) is 0.876. The predicted octanol–water partition coefficient (Wildman–Crippen LogP) is 0.733. The van der Waals surface area contributed by atoms with Gasteiger partial charge in [-0.25, -0.2) is 4.99 Å². The highest BCUT2D eigenvalue weighted by atomic mass is 16.6. The minimum atomic E-state index is 0.261. The van der Waals surface area contributed by atoms with Gasteiger partial charge in [-0.1, -0.05) is 5.16 Å². The third kappa shape index (κ3) is 3.13. The second-order valence-electron chi connectivity index (χ2n) is 2.60. The molecule has 4 nitrogen and oxygen atoms in total. The van der Waals surface area contributed by atoms with E-state index in [1.54, 1.807) is 0 Å². The molecule has 0 atom stereocenters. The maximum Gasteiger partial charge on any atom is 0.221 e. The van der Waals surface area contributed by atoms with E-state index in [9.17, 15) is 0 Å². The van der Waals surface area contributed by atoms with Crippen LogP contribution in [0.25, 0.3) is 0 Å². The molecule has 1 aliphatic carbocycles. The summed E-state index contributed by atoms with van der Waals surface area (Å²) in [6.07, 6.45) is 3.39. The Morgan fingerprint density at radius 3 is 2.82 bits per heavy atom. The van der Waals surface area contributed by atoms with Gasteiger partial charge in [-0.05, 0) is 18.8 Å². The van der Waals surface area contributed by atoms with Crippen LogP contribution >= 0.6 is 0 Å². The first kappa shape index (κ1) is 8.20. The molecule has 0 aromatic carbocycles. The van der Waals surface area contributed by atoms with Crippen molar-refractivity contribution in [1.82, 2.24) is 0 Å². The van der Waals surface area contributed by atoms with Gasteiger partial charge in [0, 0.05) is 13.1 Å². The third-order valence-corrected chi connectivity index (χ3v) is 1.60. The number of nitrogens with zero attached hydrogens (tertiary/aromatic N) is 2. The van der Waals surface area contributed by atoms with Gasteiger partial charge in [0.25, 0.3) is 0 Å². The van der Waals surface area contributed by atoms with Gasteiger partial charge < -0.3 is 10.6 Å². The largest absolute Gasteiger partial charge is 0.342 e. The van der Waals surface area contributed by atoms with Crippen molar-refractivity contribution in [2.24, 2.45) is 21.8 Å². The van der Waals surface area contributed by atoms with E-state index in [-0.39, 0.29) is 6.67 Å². The SMILES string of the molecule is C=NO/C(CC1CC1)=N\CN. The van der Waals surface area contributed by atoms with Crippen LogP contribution in [0.1, 0.15) is 19.3 Å². The van der Waals surface area contributed by atoms with Crippen LogP contribution < -0.4 is 5.73 Å². The molecule has 11 heavy (non-hydrogen) atoms. The molecule has 62 valence electrons. The maximum atomic E-state index is 5.23. The number of hydrogen-bond acceptors (Lipinski definition) is 4. The molecule has 0 amide bonds. The summed E-state index contributed by atoms with van der Waals surface area (Å²) in [5.41, 5.74) is 5.23. The van der Waals surface area contributed by atoms with E-state index >= 15 is 0 Å². The van der Waals surface area contributed by atoms with Crippen LogP contribution in [0.4, 0.5) is 0 Å². The molecule has 4 heteroatoms. The summed E-state index contributed by atoms with van der Waals surface area (Å²) in [7, 11) is 0. The standard InChI is InChI=1S/C7H13N3O/c1-9-11-7(10-5-8)4-6-2-3-6/h6H,1-5,8H2/b10-7-. The number of rotatable bonds is 4. The van der Waals surface area contributed by atoms with E-state index in [4.69, 9.17) is 10.6 Å². The van der Waals surface area contributed by atoms with Crippen LogP contribution in [0.3, 0.4) is 0 Å². The van der Waals surface area contributed by atoms with Crippen LogP contribution in [0.2, 0.25) is 0 Å². The Bertz CT molecular complexity index is 163. The van der Waals surface area contributed by atoms with Crippen LogP contribution in [0.15, 0.2) is 10.1 Å². The number of oxime groups is 1. The van der Waals surface area contributed by atoms with Gasteiger partial charge in [-0.3, -0.25) is 0 Å². The molecule has 1 aliphatic rings. The summed E-state index contributed by atoms with van der Waals surface area (Å²) in [6, 6.07) is 0. The van der Waals surface area contributed by atoms with E-state index in [1.807, 2.05) is 0 Å². The van der Waals surface area contributed by atoms with Crippen molar-refractivity contribution in [2.45, 2.75) is 19.3 Å². The number of aliphatic imine (C=N–C) groups is 1. The van der Waals surface area contributed by atoms with Gasteiger partial charge in [0.05, 0.1) is 6.67 Å².